The van der Waals surface area contributed by atoms with Crippen LogP contribution in [-0.2, 0) is 9.59 Å². The highest BCUT2D eigenvalue weighted by atomic mass is 19.1. The summed E-state index contributed by atoms with van der Waals surface area (Å²) < 4.78 is 13.3. The van der Waals surface area contributed by atoms with Crippen LogP contribution in [0.15, 0.2) is 48.2 Å². The summed E-state index contributed by atoms with van der Waals surface area (Å²) in [5.41, 5.74) is 3.21. The number of nitrogens with zero attached hydrogens (tertiary/aromatic N) is 2. The number of anilines is 1. The van der Waals surface area contributed by atoms with Crippen LogP contribution >= 0.6 is 0 Å². The van der Waals surface area contributed by atoms with Gasteiger partial charge in [-0.2, -0.15) is 0 Å². The highest BCUT2D eigenvalue weighted by molar-refractivity contribution is 6.45. The van der Waals surface area contributed by atoms with Gasteiger partial charge in [0.05, 0.1) is 17.9 Å². The number of aryl methyl sites for hydroxylation is 2. The molecule has 3 rings (SSSR count). The average Bonchev–Trinajstić information content (AvgIpc) is 2.87. The fraction of sp³-hybridized carbons (Fsp3) is 0.238. The summed E-state index contributed by atoms with van der Waals surface area (Å²) in [6.45, 7) is 3.81. The van der Waals surface area contributed by atoms with Crippen molar-refractivity contribution in [2.75, 3.05) is 25.1 Å². The third kappa shape index (κ3) is 3.36. The number of amides is 2. The molecule has 2 amide bonds. The second-order valence-corrected chi connectivity index (χ2v) is 6.61. The molecule has 0 atom stereocenters. The SMILES string of the molecule is Cc1ccc(N2C(=O)C(c3ccc(F)cc3)=C(N(C)CCO)C2=O)c(C)c1. The molecular formula is C21H21FN2O3. The number of aliphatic hydroxyl groups excluding tert-OH is 1. The smallest absolute Gasteiger partial charge is 0.282 e. The molecular weight excluding hydrogens is 347 g/mol. The molecule has 0 unspecified atom stereocenters. The van der Waals surface area contributed by atoms with E-state index in [1.807, 2.05) is 26.0 Å². The molecule has 0 saturated carbocycles. The minimum Gasteiger partial charge on any atom is -0.395 e. The van der Waals surface area contributed by atoms with Gasteiger partial charge in [0, 0.05) is 13.6 Å². The lowest BCUT2D eigenvalue weighted by atomic mass is 10.0. The van der Waals surface area contributed by atoms with E-state index in [2.05, 4.69) is 0 Å². The van der Waals surface area contributed by atoms with Gasteiger partial charge in [0.15, 0.2) is 0 Å². The number of hydrogen-bond donors (Lipinski definition) is 1. The van der Waals surface area contributed by atoms with E-state index in [4.69, 9.17) is 0 Å². The van der Waals surface area contributed by atoms with Gasteiger partial charge in [-0.3, -0.25) is 9.59 Å². The van der Waals surface area contributed by atoms with Gasteiger partial charge in [-0.1, -0.05) is 29.8 Å². The zero-order valence-corrected chi connectivity index (χ0v) is 15.5. The number of carbonyl (C=O) groups excluding carboxylic acids is 2. The standard InChI is InChI=1S/C21H21FN2O3/c1-13-4-9-17(14(2)12-13)24-20(26)18(15-5-7-16(22)8-6-15)19(21(24)27)23(3)10-11-25/h4-9,12,25H,10-11H2,1-3H3. The zero-order valence-electron chi connectivity index (χ0n) is 15.5. The maximum Gasteiger partial charge on any atom is 0.282 e. The molecule has 0 spiro atoms. The number of aliphatic hydroxyl groups is 1. The van der Waals surface area contributed by atoms with Crippen LogP contribution in [0.5, 0.6) is 0 Å². The van der Waals surface area contributed by atoms with Gasteiger partial charge in [0.1, 0.15) is 11.5 Å². The number of halogens is 1. The van der Waals surface area contributed by atoms with Crippen LogP contribution in [0.25, 0.3) is 5.57 Å². The van der Waals surface area contributed by atoms with Crippen molar-refractivity contribution in [3.05, 3.63) is 70.7 Å². The van der Waals surface area contributed by atoms with E-state index in [-0.39, 0.29) is 24.4 Å². The number of hydrogen-bond acceptors (Lipinski definition) is 4. The summed E-state index contributed by atoms with van der Waals surface area (Å²) in [6.07, 6.45) is 0. The molecule has 27 heavy (non-hydrogen) atoms. The summed E-state index contributed by atoms with van der Waals surface area (Å²) in [5.74, 6) is -1.34. The largest absolute Gasteiger partial charge is 0.395 e. The van der Waals surface area contributed by atoms with Crippen molar-refractivity contribution in [2.45, 2.75) is 13.8 Å². The molecule has 0 saturated heterocycles. The minimum atomic E-state index is -0.460. The molecule has 0 radical (unpaired) electrons. The van der Waals surface area contributed by atoms with Gasteiger partial charge in [0.2, 0.25) is 0 Å². The fourth-order valence-electron chi connectivity index (χ4n) is 3.29. The van der Waals surface area contributed by atoms with Gasteiger partial charge in [0.25, 0.3) is 11.8 Å². The maximum atomic E-state index is 13.3. The third-order valence-electron chi connectivity index (χ3n) is 4.60. The Bertz CT molecular complexity index is 935. The first kappa shape index (κ1) is 18.8. The van der Waals surface area contributed by atoms with E-state index in [9.17, 15) is 19.1 Å². The molecule has 5 nitrogen and oxygen atoms in total. The minimum absolute atomic E-state index is 0.165. The van der Waals surface area contributed by atoms with Crippen molar-refractivity contribution < 1.29 is 19.1 Å². The highest BCUT2D eigenvalue weighted by Crippen LogP contribution is 2.35. The van der Waals surface area contributed by atoms with Crippen molar-refractivity contribution in [1.29, 1.82) is 0 Å². The van der Waals surface area contributed by atoms with E-state index in [1.165, 1.54) is 24.3 Å². The first-order valence-electron chi connectivity index (χ1n) is 8.63. The summed E-state index contributed by atoms with van der Waals surface area (Å²) in [6, 6.07) is 11.0. The number of likely N-dealkylation sites (N-methyl/N-ethyl adjacent to an activating group) is 1. The molecule has 2 aromatic carbocycles. The summed E-state index contributed by atoms with van der Waals surface area (Å²) >= 11 is 0. The molecule has 140 valence electrons. The Kier molecular flexibility index (Phi) is 5.10. The van der Waals surface area contributed by atoms with Gasteiger partial charge in [-0.25, -0.2) is 9.29 Å². The van der Waals surface area contributed by atoms with Crippen molar-refractivity contribution in [1.82, 2.24) is 4.90 Å². The lowest BCUT2D eigenvalue weighted by Gasteiger charge is -2.21. The van der Waals surface area contributed by atoms with Crippen molar-refractivity contribution in [3.8, 4) is 0 Å². The normalized spacial score (nSPS) is 14.3. The van der Waals surface area contributed by atoms with E-state index in [0.717, 1.165) is 16.0 Å². The van der Waals surface area contributed by atoms with E-state index in [1.54, 1.807) is 18.0 Å². The van der Waals surface area contributed by atoms with Crippen LogP contribution in [0.3, 0.4) is 0 Å². The van der Waals surface area contributed by atoms with Crippen molar-refractivity contribution >= 4 is 23.1 Å². The Hall–Kier alpha value is -2.99. The number of carbonyl (C=O) groups is 2. The van der Waals surface area contributed by atoms with Crippen molar-refractivity contribution in [2.24, 2.45) is 0 Å². The molecule has 0 aliphatic carbocycles. The van der Waals surface area contributed by atoms with E-state index in [0.29, 0.717) is 11.3 Å². The zero-order chi connectivity index (χ0) is 19.7. The second kappa shape index (κ2) is 7.32. The summed E-state index contributed by atoms with van der Waals surface area (Å²) in [4.78, 5) is 29.1. The highest BCUT2D eigenvalue weighted by Gasteiger charge is 2.42. The van der Waals surface area contributed by atoms with Gasteiger partial charge in [-0.05, 0) is 43.2 Å². The molecule has 0 bridgehead atoms. The van der Waals surface area contributed by atoms with Crippen LogP contribution in [0.1, 0.15) is 16.7 Å². The van der Waals surface area contributed by atoms with Gasteiger partial charge in [-0.15, -0.1) is 0 Å². The predicted octanol–water partition coefficient (Wildman–Crippen LogP) is 2.65. The molecule has 0 fully saturated rings. The van der Waals surface area contributed by atoms with Crippen LogP contribution in [0.2, 0.25) is 0 Å². The van der Waals surface area contributed by atoms with Crippen LogP contribution < -0.4 is 4.90 Å². The van der Waals surface area contributed by atoms with Gasteiger partial charge < -0.3 is 10.0 Å². The molecule has 2 aromatic rings. The molecule has 1 aliphatic rings. The molecule has 1 heterocycles. The van der Waals surface area contributed by atoms with E-state index >= 15 is 0 Å². The monoisotopic (exact) mass is 368 g/mol. The van der Waals surface area contributed by atoms with Crippen LogP contribution in [-0.4, -0.2) is 42.0 Å². The summed E-state index contributed by atoms with van der Waals surface area (Å²) in [5, 5.41) is 9.28. The maximum absolute atomic E-state index is 13.3. The Labute approximate surface area is 157 Å². The second-order valence-electron chi connectivity index (χ2n) is 6.61. The lowest BCUT2D eigenvalue weighted by Crippen LogP contribution is -2.35. The Balaban J connectivity index is 2.15. The van der Waals surface area contributed by atoms with Crippen LogP contribution in [0.4, 0.5) is 10.1 Å². The fourth-order valence-corrected chi connectivity index (χ4v) is 3.29. The number of benzene rings is 2. The molecule has 6 heteroatoms. The third-order valence-corrected chi connectivity index (χ3v) is 4.60. The molecule has 0 aromatic heterocycles. The quantitative estimate of drug-likeness (QED) is 0.825. The first-order valence-corrected chi connectivity index (χ1v) is 8.63. The topological polar surface area (TPSA) is 60.9 Å². The van der Waals surface area contributed by atoms with Gasteiger partial charge >= 0.3 is 0 Å². The number of imide groups is 1. The molecule has 1 aliphatic heterocycles. The Morgan fingerprint density at radius 2 is 1.70 bits per heavy atom. The lowest BCUT2D eigenvalue weighted by molar-refractivity contribution is -0.120. The number of rotatable bonds is 5. The first-order chi connectivity index (χ1) is 12.8. The van der Waals surface area contributed by atoms with Crippen LogP contribution in [0, 0.1) is 19.7 Å². The average molecular weight is 368 g/mol. The predicted molar refractivity (Wildman–Crippen MR) is 101 cm³/mol. The Morgan fingerprint density at radius 3 is 2.30 bits per heavy atom. The summed E-state index contributed by atoms with van der Waals surface area (Å²) in [7, 11) is 1.64. The molecule has 1 N–H and O–H groups in total. The Morgan fingerprint density at radius 1 is 1.04 bits per heavy atom. The van der Waals surface area contributed by atoms with E-state index < -0.39 is 17.6 Å². The van der Waals surface area contributed by atoms with Crippen molar-refractivity contribution in [3.63, 3.8) is 0 Å².